The van der Waals surface area contributed by atoms with Crippen LogP contribution in [0.2, 0.25) is 5.02 Å². The second-order valence-corrected chi connectivity index (χ2v) is 3.88. The molecule has 0 fully saturated rings. The van der Waals surface area contributed by atoms with E-state index in [2.05, 4.69) is 5.32 Å². The molecule has 0 saturated carbocycles. The van der Waals surface area contributed by atoms with Gasteiger partial charge in [-0.2, -0.15) is 13.2 Å². The maximum absolute atomic E-state index is 12.5. The van der Waals surface area contributed by atoms with Crippen molar-refractivity contribution in [3.05, 3.63) is 28.8 Å². The monoisotopic (exact) mass is 282 g/mol. The molecule has 1 aromatic carbocycles. The lowest BCUT2D eigenvalue weighted by molar-refractivity contribution is -0.137. The van der Waals surface area contributed by atoms with Gasteiger partial charge in [0.15, 0.2) is 0 Å². The number of aliphatic hydroxyl groups excluding tert-OH is 1. The van der Waals surface area contributed by atoms with Crippen molar-refractivity contribution in [2.75, 3.05) is 11.9 Å². The zero-order valence-corrected chi connectivity index (χ0v) is 9.72. The lowest BCUT2D eigenvalue weighted by Crippen LogP contribution is -2.38. The largest absolute Gasteiger partial charge is 0.417 e. The van der Waals surface area contributed by atoms with Gasteiger partial charge >= 0.3 is 6.18 Å². The Morgan fingerprint density at radius 2 is 2.11 bits per heavy atom. The molecule has 4 nitrogen and oxygen atoms in total. The number of benzene rings is 1. The normalized spacial score (nSPS) is 13.2. The number of nitrogens with one attached hydrogen (secondary N) is 1. The highest BCUT2D eigenvalue weighted by Crippen LogP contribution is 2.36. The third-order valence-corrected chi connectivity index (χ3v) is 2.40. The Balaban J connectivity index is 2.96. The van der Waals surface area contributed by atoms with E-state index in [0.29, 0.717) is 6.07 Å². The van der Waals surface area contributed by atoms with E-state index in [1.165, 1.54) is 6.07 Å². The van der Waals surface area contributed by atoms with Crippen LogP contribution in [0.25, 0.3) is 0 Å². The van der Waals surface area contributed by atoms with Crippen LogP contribution >= 0.6 is 11.6 Å². The number of amides is 1. The van der Waals surface area contributed by atoms with Crippen molar-refractivity contribution < 1.29 is 23.1 Å². The summed E-state index contributed by atoms with van der Waals surface area (Å²) in [5, 5.41) is 10.3. The molecular formula is C10H10ClF3N2O2. The molecule has 8 heteroatoms. The molecule has 0 saturated heterocycles. The van der Waals surface area contributed by atoms with Crippen molar-refractivity contribution in [1.29, 1.82) is 0 Å². The molecule has 1 rings (SSSR count). The minimum atomic E-state index is -4.61. The number of hydrogen-bond donors (Lipinski definition) is 3. The molecule has 1 amide bonds. The summed E-state index contributed by atoms with van der Waals surface area (Å²) in [6.45, 7) is -0.606. The number of rotatable bonds is 3. The molecule has 100 valence electrons. The van der Waals surface area contributed by atoms with E-state index in [0.717, 1.165) is 6.07 Å². The first-order valence-corrected chi connectivity index (χ1v) is 5.17. The van der Waals surface area contributed by atoms with E-state index in [1.54, 1.807) is 0 Å². The van der Waals surface area contributed by atoms with Crippen molar-refractivity contribution >= 4 is 23.2 Å². The smallest absolute Gasteiger partial charge is 0.394 e. The van der Waals surface area contributed by atoms with E-state index >= 15 is 0 Å². The third-order valence-electron chi connectivity index (χ3n) is 2.07. The van der Waals surface area contributed by atoms with Gasteiger partial charge in [0.1, 0.15) is 6.04 Å². The molecule has 4 N–H and O–H groups in total. The van der Waals surface area contributed by atoms with Gasteiger partial charge in [0, 0.05) is 5.69 Å². The summed E-state index contributed by atoms with van der Waals surface area (Å²) in [6.07, 6.45) is -4.61. The first-order valence-electron chi connectivity index (χ1n) is 4.79. The predicted octanol–water partition coefficient (Wildman–Crippen LogP) is 1.62. The van der Waals surface area contributed by atoms with E-state index in [9.17, 15) is 18.0 Å². The van der Waals surface area contributed by atoms with Crippen LogP contribution < -0.4 is 11.1 Å². The van der Waals surface area contributed by atoms with Gasteiger partial charge in [0.2, 0.25) is 5.91 Å². The van der Waals surface area contributed by atoms with Gasteiger partial charge in [-0.05, 0) is 18.2 Å². The topological polar surface area (TPSA) is 75.3 Å². The van der Waals surface area contributed by atoms with Crippen molar-refractivity contribution in [3.63, 3.8) is 0 Å². The van der Waals surface area contributed by atoms with Crippen LogP contribution in [0, 0.1) is 0 Å². The fourth-order valence-electron chi connectivity index (χ4n) is 1.14. The second kappa shape index (κ2) is 5.55. The van der Waals surface area contributed by atoms with E-state index in [-0.39, 0.29) is 5.69 Å². The highest BCUT2D eigenvalue weighted by molar-refractivity contribution is 6.31. The molecule has 0 aliphatic heterocycles. The molecule has 0 aliphatic carbocycles. The van der Waals surface area contributed by atoms with Gasteiger partial charge in [0.25, 0.3) is 0 Å². The van der Waals surface area contributed by atoms with Crippen molar-refractivity contribution in [2.45, 2.75) is 12.2 Å². The van der Waals surface area contributed by atoms with E-state index < -0.39 is 35.3 Å². The number of carbonyl (C=O) groups excluding carboxylic acids is 1. The Kier molecular flexibility index (Phi) is 4.55. The van der Waals surface area contributed by atoms with Crippen molar-refractivity contribution in [1.82, 2.24) is 0 Å². The van der Waals surface area contributed by atoms with E-state index in [1.807, 2.05) is 0 Å². The fraction of sp³-hybridized carbons (Fsp3) is 0.300. The van der Waals surface area contributed by atoms with Gasteiger partial charge in [0.05, 0.1) is 17.2 Å². The van der Waals surface area contributed by atoms with Gasteiger partial charge in [-0.1, -0.05) is 11.6 Å². The third kappa shape index (κ3) is 3.59. The molecule has 1 aromatic rings. The summed E-state index contributed by atoms with van der Waals surface area (Å²) in [6, 6.07) is 1.73. The van der Waals surface area contributed by atoms with Crippen molar-refractivity contribution in [2.24, 2.45) is 5.73 Å². The number of aliphatic hydroxyl groups is 1. The molecule has 0 bridgehead atoms. The molecule has 0 spiro atoms. The summed E-state index contributed by atoms with van der Waals surface area (Å²) in [7, 11) is 0. The van der Waals surface area contributed by atoms with Gasteiger partial charge in [-0.3, -0.25) is 4.79 Å². The Morgan fingerprint density at radius 1 is 1.50 bits per heavy atom. The van der Waals surface area contributed by atoms with Crippen LogP contribution in [0.15, 0.2) is 18.2 Å². The number of anilines is 1. The first kappa shape index (κ1) is 14.7. The number of carbonyl (C=O) groups is 1. The zero-order chi connectivity index (χ0) is 13.9. The number of halogens is 4. The van der Waals surface area contributed by atoms with Crippen LogP contribution in [-0.2, 0) is 11.0 Å². The van der Waals surface area contributed by atoms with E-state index in [4.69, 9.17) is 22.4 Å². The lowest BCUT2D eigenvalue weighted by atomic mass is 10.2. The summed E-state index contributed by atoms with van der Waals surface area (Å²) in [4.78, 5) is 11.3. The summed E-state index contributed by atoms with van der Waals surface area (Å²) < 4.78 is 37.6. The van der Waals surface area contributed by atoms with Gasteiger partial charge in [-0.15, -0.1) is 0 Å². The molecule has 0 radical (unpaired) electrons. The predicted molar refractivity (Wildman–Crippen MR) is 60.1 cm³/mol. The quantitative estimate of drug-likeness (QED) is 0.788. The van der Waals surface area contributed by atoms with Crippen LogP contribution in [0.5, 0.6) is 0 Å². The first-order chi connectivity index (χ1) is 8.25. The van der Waals surface area contributed by atoms with Gasteiger partial charge in [-0.25, -0.2) is 0 Å². The Labute approximate surface area is 106 Å². The van der Waals surface area contributed by atoms with Crippen LogP contribution in [0.3, 0.4) is 0 Å². The van der Waals surface area contributed by atoms with Crippen LogP contribution in [0.1, 0.15) is 5.56 Å². The summed E-state index contributed by atoms with van der Waals surface area (Å²) in [5.41, 5.74) is 4.06. The number of alkyl halides is 3. The molecule has 0 aliphatic rings. The number of hydrogen-bond acceptors (Lipinski definition) is 3. The van der Waals surface area contributed by atoms with Crippen molar-refractivity contribution in [3.8, 4) is 0 Å². The Hall–Kier alpha value is -1.31. The molecule has 1 atom stereocenters. The maximum atomic E-state index is 12.5. The second-order valence-electron chi connectivity index (χ2n) is 3.47. The molecular weight excluding hydrogens is 273 g/mol. The minimum absolute atomic E-state index is 0.0966. The average Bonchev–Trinajstić information content (AvgIpc) is 2.29. The minimum Gasteiger partial charge on any atom is -0.394 e. The lowest BCUT2D eigenvalue weighted by Gasteiger charge is -2.13. The molecule has 0 aromatic heterocycles. The van der Waals surface area contributed by atoms with Gasteiger partial charge < -0.3 is 16.2 Å². The SMILES string of the molecule is N[C@@H](CO)C(=O)Nc1ccc(Cl)c(C(F)(F)F)c1. The molecule has 18 heavy (non-hydrogen) atoms. The average molecular weight is 283 g/mol. The standard InChI is InChI=1S/C10H10ClF3N2O2/c11-7-2-1-5(3-6(7)10(12,13)14)16-9(18)8(15)4-17/h1-3,8,17H,4,15H2,(H,16,18)/t8-/m0/s1. The van der Waals surface area contributed by atoms with Crippen LogP contribution in [0.4, 0.5) is 18.9 Å². The van der Waals surface area contributed by atoms with Crippen LogP contribution in [-0.4, -0.2) is 23.7 Å². The fourth-order valence-corrected chi connectivity index (χ4v) is 1.36. The summed E-state index contributed by atoms with van der Waals surface area (Å²) in [5.74, 6) is -0.784. The Bertz CT molecular complexity index is 451. The maximum Gasteiger partial charge on any atom is 0.417 e. The molecule has 0 heterocycles. The molecule has 0 unspecified atom stereocenters. The number of nitrogens with two attached hydrogens (primary N) is 1. The highest BCUT2D eigenvalue weighted by Gasteiger charge is 2.33. The highest BCUT2D eigenvalue weighted by atomic mass is 35.5. The Morgan fingerprint density at radius 3 is 2.61 bits per heavy atom. The zero-order valence-electron chi connectivity index (χ0n) is 8.96. The summed E-state index contributed by atoms with van der Waals surface area (Å²) >= 11 is 5.41.